The van der Waals surface area contributed by atoms with Crippen molar-refractivity contribution in [3.05, 3.63) is 63.3 Å². The average molecular weight is 235 g/mol. The average Bonchev–Trinajstić information content (AvgIpc) is 2.27. The van der Waals surface area contributed by atoms with Crippen molar-refractivity contribution in [1.82, 2.24) is 9.55 Å². The molecule has 1 heterocycles. The predicted molar refractivity (Wildman–Crippen MR) is 63.8 cm³/mol. The molecule has 82 valence electrons. The molecule has 0 unspecified atom stereocenters. The Kier molecular flexibility index (Phi) is 3.06. The Morgan fingerprint density at radius 3 is 2.69 bits per heavy atom. The van der Waals surface area contributed by atoms with Crippen LogP contribution in [0.1, 0.15) is 11.1 Å². The molecule has 0 saturated heterocycles. The molecule has 1 aromatic carbocycles. The Labute approximate surface area is 98.3 Å². The molecule has 0 aliphatic heterocycles. The van der Waals surface area contributed by atoms with Crippen LogP contribution in [0.25, 0.3) is 0 Å². The quantitative estimate of drug-likeness (QED) is 0.747. The van der Waals surface area contributed by atoms with Gasteiger partial charge in [-0.15, -0.1) is 0 Å². The first kappa shape index (κ1) is 10.9. The lowest BCUT2D eigenvalue weighted by Gasteiger charge is -2.08. The predicted octanol–water partition coefficient (Wildman–Crippen LogP) is 2.25. The highest BCUT2D eigenvalue weighted by atomic mass is 35.5. The molecule has 2 aromatic rings. The van der Waals surface area contributed by atoms with Crippen LogP contribution in [0, 0.1) is 6.92 Å². The highest BCUT2D eigenvalue weighted by molar-refractivity contribution is 6.28. The first-order valence-corrected chi connectivity index (χ1v) is 5.32. The van der Waals surface area contributed by atoms with Crippen LogP contribution in [0.3, 0.4) is 0 Å². The maximum absolute atomic E-state index is 11.2. The van der Waals surface area contributed by atoms with E-state index in [4.69, 9.17) is 11.6 Å². The maximum Gasteiger partial charge on any atom is 0.276 e. The zero-order chi connectivity index (χ0) is 11.5. The van der Waals surface area contributed by atoms with Gasteiger partial charge in [-0.05, 0) is 24.1 Å². The van der Waals surface area contributed by atoms with Gasteiger partial charge >= 0.3 is 0 Å². The van der Waals surface area contributed by atoms with Crippen molar-refractivity contribution in [3.63, 3.8) is 0 Å². The van der Waals surface area contributed by atoms with E-state index in [1.807, 2.05) is 30.3 Å². The van der Waals surface area contributed by atoms with E-state index < -0.39 is 0 Å². The normalized spacial score (nSPS) is 10.4. The fourth-order valence-corrected chi connectivity index (χ4v) is 1.65. The number of rotatable bonds is 2. The molecule has 0 fully saturated rings. The summed E-state index contributed by atoms with van der Waals surface area (Å²) >= 11 is 5.90. The summed E-state index contributed by atoms with van der Waals surface area (Å²) in [6.07, 6.45) is 1.73. The zero-order valence-electron chi connectivity index (χ0n) is 8.85. The van der Waals surface area contributed by atoms with Crippen LogP contribution in [-0.4, -0.2) is 9.55 Å². The van der Waals surface area contributed by atoms with E-state index in [1.165, 1.54) is 0 Å². The van der Waals surface area contributed by atoms with Gasteiger partial charge in [-0.2, -0.15) is 4.98 Å². The first-order chi connectivity index (χ1) is 7.66. The fourth-order valence-electron chi connectivity index (χ4n) is 1.47. The lowest BCUT2D eigenvalue weighted by Crippen LogP contribution is -2.16. The molecule has 0 spiro atoms. The molecule has 4 heteroatoms. The molecule has 1 aromatic heterocycles. The van der Waals surface area contributed by atoms with Crippen molar-refractivity contribution in [1.29, 1.82) is 0 Å². The number of halogens is 1. The van der Waals surface area contributed by atoms with E-state index in [0.717, 1.165) is 5.56 Å². The van der Waals surface area contributed by atoms with Crippen molar-refractivity contribution in [3.8, 4) is 0 Å². The molecule has 0 aliphatic rings. The van der Waals surface area contributed by atoms with Crippen molar-refractivity contribution in [2.45, 2.75) is 13.5 Å². The van der Waals surface area contributed by atoms with Crippen LogP contribution in [0.15, 0.2) is 41.3 Å². The summed E-state index contributed by atoms with van der Waals surface area (Å²) in [5.41, 5.74) is 1.45. The van der Waals surface area contributed by atoms with Gasteiger partial charge in [0.25, 0.3) is 5.56 Å². The molecule has 0 atom stereocenters. The second-order valence-electron chi connectivity index (χ2n) is 3.61. The van der Waals surface area contributed by atoms with E-state index in [2.05, 4.69) is 4.98 Å². The molecular formula is C12H11ClN2O. The van der Waals surface area contributed by atoms with E-state index in [9.17, 15) is 4.79 Å². The summed E-state index contributed by atoms with van der Waals surface area (Å²) in [4.78, 5) is 15.0. The van der Waals surface area contributed by atoms with Gasteiger partial charge in [-0.1, -0.05) is 30.3 Å². The molecule has 0 radical (unpaired) electrons. The number of aryl methyl sites for hydroxylation is 1. The van der Waals surface area contributed by atoms with Gasteiger partial charge in [0.15, 0.2) is 0 Å². The monoisotopic (exact) mass is 234 g/mol. The second kappa shape index (κ2) is 4.49. The Morgan fingerprint density at radius 1 is 1.31 bits per heavy atom. The SMILES string of the molecule is Cc1cn(Cc2ccccc2)c(Cl)nc1=O. The smallest absolute Gasteiger partial charge is 0.276 e. The number of benzene rings is 1. The molecule has 16 heavy (non-hydrogen) atoms. The Morgan fingerprint density at radius 2 is 2.00 bits per heavy atom. The van der Waals surface area contributed by atoms with Crippen LogP contribution in [0.5, 0.6) is 0 Å². The molecule has 0 saturated carbocycles. The van der Waals surface area contributed by atoms with Crippen molar-refractivity contribution in [2.24, 2.45) is 0 Å². The molecule has 0 bridgehead atoms. The van der Waals surface area contributed by atoms with E-state index in [0.29, 0.717) is 12.1 Å². The summed E-state index contributed by atoms with van der Waals surface area (Å²) in [7, 11) is 0. The Balaban J connectivity index is 2.36. The summed E-state index contributed by atoms with van der Waals surface area (Å²) < 4.78 is 1.76. The van der Waals surface area contributed by atoms with E-state index in [-0.39, 0.29) is 10.8 Å². The maximum atomic E-state index is 11.2. The third-order valence-corrected chi connectivity index (χ3v) is 2.62. The zero-order valence-corrected chi connectivity index (χ0v) is 9.61. The third-order valence-electron chi connectivity index (χ3n) is 2.31. The molecule has 3 nitrogen and oxygen atoms in total. The topological polar surface area (TPSA) is 34.9 Å². The summed E-state index contributed by atoms with van der Waals surface area (Å²) in [5, 5.41) is 0.222. The molecule has 0 aliphatic carbocycles. The van der Waals surface area contributed by atoms with Gasteiger partial charge in [0.1, 0.15) is 0 Å². The minimum Gasteiger partial charge on any atom is -0.318 e. The Bertz CT molecular complexity index is 549. The molecule has 0 amide bonds. The van der Waals surface area contributed by atoms with Crippen LogP contribution in [0.2, 0.25) is 5.28 Å². The van der Waals surface area contributed by atoms with Gasteiger partial charge in [0, 0.05) is 18.3 Å². The van der Waals surface area contributed by atoms with Crippen LogP contribution in [-0.2, 0) is 6.54 Å². The lowest BCUT2D eigenvalue weighted by molar-refractivity contribution is 0.754. The van der Waals surface area contributed by atoms with Gasteiger partial charge in [-0.3, -0.25) is 4.79 Å². The second-order valence-corrected chi connectivity index (χ2v) is 3.95. The number of hydrogen-bond donors (Lipinski definition) is 0. The van der Waals surface area contributed by atoms with Crippen LogP contribution >= 0.6 is 11.6 Å². The summed E-state index contributed by atoms with van der Waals surface area (Å²) in [6, 6.07) is 9.89. The minimum atomic E-state index is -0.269. The van der Waals surface area contributed by atoms with Gasteiger partial charge in [0.2, 0.25) is 5.28 Å². The number of hydrogen-bond acceptors (Lipinski definition) is 2. The standard InChI is InChI=1S/C12H11ClN2O/c1-9-7-15(12(13)14-11(9)16)8-10-5-3-2-4-6-10/h2-7H,8H2,1H3. The molecule has 2 rings (SSSR count). The molecule has 0 N–H and O–H groups in total. The number of nitrogens with zero attached hydrogens (tertiary/aromatic N) is 2. The largest absolute Gasteiger partial charge is 0.318 e. The van der Waals surface area contributed by atoms with Gasteiger partial charge in [-0.25, -0.2) is 0 Å². The van der Waals surface area contributed by atoms with Crippen molar-refractivity contribution in [2.75, 3.05) is 0 Å². The minimum absolute atomic E-state index is 0.222. The highest BCUT2D eigenvalue weighted by Crippen LogP contribution is 2.08. The fraction of sp³-hybridized carbons (Fsp3) is 0.167. The van der Waals surface area contributed by atoms with Crippen LogP contribution < -0.4 is 5.56 Å². The summed E-state index contributed by atoms with van der Waals surface area (Å²) in [6.45, 7) is 2.35. The van der Waals surface area contributed by atoms with Crippen LogP contribution in [0.4, 0.5) is 0 Å². The van der Waals surface area contributed by atoms with E-state index in [1.54, 1.807) is 17.7 Å². The van der Waals surface area contributed by atoms with Crippen molar-refractivity contribution >= 4 is 11.6 Å². The molecular weight excluding hydrogens is 224 g/mol. The first-order valence-electron chi connectivity index (χ1n) is 4.94. The highest BCUT2D eigenvalue weighted by Gasteiger charge is 2.03. The van der Waals surface area contributed by atoms with Gasteiger partial charge < -0.3 is 4.57 Å². The lowest BCUT2D eigenvalue weighted by atomic mass is 10.2. The Hall–Kier alpha value is -1.61. The third kappa shape index (κ3) is 2.31. The summed E-state index contributed by atoms with van der Waals surface area (Å²) in [5.74, 6) is 0. The number of aromatic nitrogens is 2. The van der Waals surface area contributed by atoms with Gasteiger partial charge in [0.05, 0.1) is 0 Å². The van der Waals surface area contributed by atoms with Crippen molar-refractivity contribution < 1.29 is 0 Å². The van der Waals surface area contributed by atoms with E-state index >= 15 is 0 Å².